The van der Waals surface area contributed by atoms with Crippen LogP contribution in [0, 0.1) is 0 Å². The highest BCUT2D eigenvalue weighted by molar-refractivity contribution is 6.09. The third-order valence-corrected chi connectivity index (χ3v) is 4.36. The van der Waals surface area contributed by atoms with E-state index in [1.54, 1.807) is 30.3 Å². The number of rotatable bonds is 6. The quantitative estimate of drug-likeness (QED) is 0.652. The van der Waals surface area contributed by atoms with Crippen molar-refractivity contribution in [2.75, 3.05) is 12.2 Å². The molecule has 1 atom stereocenters. The lowest BCUT2D eigenvalue weighted by Crippen LogP contribution is -2.16. The van der Waals surface area contributed by atoms with Gasteiger partial charge in [0.1, 0.15) is 5.75 Å². The summed E-state index contributed by atoms with van der Waals surface area (Å²) in [7, 11) is 0. The van der Waals surface area contributed by atoms with E-state index >= 15 is 0 Å². The first-order valence-electron chi connectivity index (χ1n) is 9.25. The number of nitrogens with one attached hydrogen (secondary N) is 1. The van der Waals surface area contributed by atoms with Crippen molar-refractivity contribution in [1.29, 1.82) is 0 Å². The average Bonchev–Trinajstić information content (AvgIpc) is 3.19. The molecular formula is C22H22F3NO4. The molecule has 0 radical (unpaired) electrons. The standard InChI is InChI=1S/C21H20FNO4.CH2F2/c1-13(22)27-17-5-2-4-15(12-17)14-8-10-16(11-9-14)23-20(24)18-6-3-7-19(18)21(25)26;2-1-3/h2,4-5,8-13H,3,6-7H2,1H3,(H,23,24)(H,25,26);1H2. The van der Waals surface area contributed by atoms with Gasteiger partial charge >= 0.3 is 5.97 Å². The Kier molecular flexibility index (Phi) is 8.46. The third kappa shape index (κ3) is 6.37. The Morgan fingerprint density at radius 2 is 1.70 bits per heavy atom. The first-order chi connectivity index (χ1) is 14.3. The van der Waals surface area contributed by atoms with Gasteiger partial charge in [-0.2, -0.15) is 0 Å². The molecule has 0 saturated heterocycles. The van der Waals surface area contributed by atoms with E-state index in [0.717, 1.165) is 11.1 Å². The normalized spacial score (nSPS) is 13.9. The van der Waals surface area contributed by atoms with Crippen LogP contribution < -0.4 is 10.1 Å². The summed E-state index contributed by atoms with van der Waals surface area (Å²) in [5.74, 6) is -0.961. The summed E-state index contributed by atoms with van der Waals surface area (Å²) < 4.78 is 37.3. The lowest BCUT2D eigenvalue weighted by atomic mass is 10.0. The molecule has 0 bridgehead atoms. The molecule has 5 nitrogen and oxygen atoms in total. The number of carboxylic acids is 1. The number of ether oxygens (including phenoxy) is 1. The SMILES string of the molecule is CC(F)Oc1cccc(-c2ccc(NC(=O)C3=C(C(=O)O)CCC3)cc2)c1.FCF. The fraction of sp³-hybridized carbons (Fsp3) is 0.273. The van der Waals surface area contributed by atoms with Crippen molar-refractivity contribution in [3.05, 3.63) is 59.7 Å². The summed E-state index contributed by atoms with van der Waals surface area (Å²) in [4.78, 5) is 23.5. The zero-order valence-corrected chi connectivity index (χ0v) is 16.3. The highest BCUT2D eigenvalue weighted by Gasteiger charge is 2.25. The van der Waals surface area contributed by atoms with Crippen molar-refractivity contribution < 1.29 is 32.6 Å². The molecule has 1 amide bonds. The van der Waals surface area contributed by atoms with Gasteiger partial charge in [0.2, 0.25) is 13.3 Å². The van der Waals surface area contributed by atoms with Gasteiger partial charge in [-0.05, 0) is 54.7 Å². The molecule has 30 heavy (non-hydrogen) atoms. The minimum Gasteiger partial charge on any atom is -0.478 e. The van der Waals surface area contributed by atoms with Crippen LogP contribution in [0.5, 0.6) is 5.75 Å². The van der Waals surface area contributed by atoms with E-state index in [1.807, 2.05) is 18.2 Å². The van der Waals surface area contributed by atoms with Crippen LogP contribution in [0.15, 0.2) is 59.7 Å². The van der Waals surface area contributed by atoms with E-state index in [2.05, 4.69) is 5.32 Å². The number of aliphatic carboxylic acids is 1. The van der Waals surface area contributed by atoms with Gasteiger partial charge in [0.25, 0.3) is 5.91 Å². The summed E-state index contributed by atoms with van der Waals surface area (Å²) >= 11 is 0. The molecular weight excluding hydrogens is 399 g/mol. The van der Waals surface area contributed by atoms with E-state index in [-0.39, 0.29) is 11.5 Å². The fourth-order valence-electron chi connectivity index (χ4n) is 3.12. The number of halogens is 3. The number of alkyl halides is 3. The number of amides is 1. The van der Waals surface area contributed by atoms with Gasteiger partial charge in [0, 0.05) is 23.8 Å². The first-order valence-corrected chi connectivity index (χ1v) is 9.25. The van der Waals surface area contributed by atoms with Gasteiger partial charge in [-0.1, -0.05) is 24.3 Å². The average molecular weight is 421 g/mol. The second-order valence-electron chi connectivity index (χ2n) is 6.44. The summed E-state index contributed by atoms with van der Waals surface area (Å²) in [6.45, 7) is -0.431. The molecule has 1 aliphatic rings. The molecule has 8 heteroatoms. The lowest BCUT2D eigenvalue weighted by molar-refractivity contribution is -0.133. The largest absolute Gasteiger partial charge is 0.478 e. The molecule has 0 fully saturated rings. The number of anilines is 1. The minimum atomic E-state index is -1.75. The van der Waals surface area contributed by atoms with Crippen molar-refractivity contribution in [2.45, 2.75) is 32.5 Å². The number of hydrogen-bond donors (Lipinski definition) is 2. The summed E-state index contributed by atoms with van der Waals surface area (Å²) in [5, 5.41) is 11.9. The topological polar surface area (TPSA) is 75.6 Å². The molecule has 1 aliphatic carbocycles. The summed E-state index contributed by atoms with van der Waals surface area (Å²) in [5.41, 5.74) is 2.87. The van der Waals surface area contributed by atoms with Crippen LogP contribution >= 0.6 is 0 Å². The Hall–Kier alpha value is -3.29. The molecule has 0 heterocycles. The van der Waals surface area contributed by atoms with Gasteiger partial charge < -0.3 is 15.2 Å². The van der Waals surface area contributed by atoms with Gasteiger partial charge in [-0.3, -0.25) is 4.79 Å². The molecule has 160 valence electrons. The molecule has 1 unspecified atom stereocenters. The van der Waals surface area contributed by atoms with E-state index in [0.29, 0.717) is 36.3 Å². The Balaban J connectivity index is 0.00000101. The molecule has 0 aromatic heterocycles. The molecule has 2 aromatic rings. The van der Waals surface area contributed by atoms with Crippen molar-refractivity contribution in [3.8, 4) is 16.9 Å². The monoisotopic (exact) mass is 421 g/mol. The highest BCUT2D eigenvalue weighted by atomic mass is 19.3. The molecule has 3 rings (SSSR count). The summed E-state index contributed by atoms with van der Waals surface area (Å²) in [6, 6.07) is 14.2. The maximum Gasteiger partial charge on any atom is 0.332 e. The van der Waals surface area contributed by atoms with Crippen molar-refractivity contribution in [1.82, 2.24) is 0 Å². The summed E-state index contributed by atoms with van der Waals surface area (Å²) in [6.07, 6.45) is 0.191. The predicted octanol–water partition coefficient (Wildman–Crippen LogP) is 5.43. The third-order valence-electron chi connectivity index (χ3n) is 4.36. The van der Waals surface area contributed by atoms with E-state index in [1.165, 1.54) is 6.92 Å². The van der Waals surface area contributed by atoms with Crippen LogP contribution in [0.3, 0.4) is 0 Å². The molecule has 0 saturated carbocycles. The Morgan fingerprint density at radius 1 is 1.07 bits per heavy atom. The Labute approximate surface area is 172 Å². The second-order valence-corrected chi connectivity index (χ2v) is 6.44. The van der Waals surface area contributed by atoms with Crippen LogP contribution in [0.2, 0.25) is 0 Å². The Morgan fingerprint density at radius 3 is 2.30 bits per heavy atom. The smallest absolute Gasteiger partial charge is 0.332 e. The van der Waals surface area contributed by atoms with Crippen molar-refractivity contribution in [3.63, 3.8) is 0 Å². The zero-order valence-electron chi connectivity index (χ0n) is 16.3. The van der Waals surface area contributed by atoms with E-state index in [4.69, 9.17) is 9.84 Å². The van der Waals surface area contributed by atoms with E-state index < -0.39 is 19.3 Å². The van der Waals surface area contributed by atoms with Crippen LogP contribution in [0.25, 0.3) is 11.1 Å². The second kappa shape index (κ2) is 11.0. The fourth-order valence-corrected chi connectivity index (χ4v) is 3.12. The van der Waals surface area contributed by atoms with E-state index in [9.17, 15) is 22.8 Å². The minimum absolute atomic E-state index is 0.197. The molecule has 2 N–H and O–H groups in total. The number of carbonyl (C=O) groups is 2. The maximum atomic E-state index is 13.0. The van der Waals surface area contributed by atoms with Gasteiger partial charge in [0.15, 0.2) is 0 Å². The van der Waals surface area contributed by atoms with Crippen LogP contribution in [0.4, 0.5) is 18.9 Å². The number of benzene rings is 2. The maximum absolute atomic E-state index is 13.0. The number of hydrogen-bond acceptors (Lipinski definition) is 3. The molecule has 0 spiro atoms. The van der Waals surface area contributed by atoms with Gasteiger partial charge in [0.05, 0.1) is 0 Å². The lowest BCUT2D eigenvalue weighted by Gasteiger charge is -2.10. The molecule has 0 aliphatic heterocycles. The van der Waals surface area contributed by atoms with Crippen LogP contribution in [0.1, 0.15) is 26.2 Å². The highest BCUT2D eigenvalue weighted by Crippen LogP contribution is 2.29. The van der Waals surface area contributed by atoms with Gasteiger partial charge in [-0.25, -0.2) is 18.0 Å². The predicted molar refractivity (Wildman–Crippen MR) is 107 cm³/mol. The number of carbonyl (C=O) groups excluding carboxylic acids is 1. The van der Waals surface area contributed by atoms with Gasteiger partial charge in [-0.15, -0.1) is 0 Å². The van der Waals surface area contributed by atoms with Crippen molar-refractivity contribution >= 4 is 17.6 Å². The number of carboxylic acid groups (broad SMARTS) is 1. The van der Waals surface area contributed by atoms with Crippen LogP contribution in [-0.2, 0) is 9.59 Å². The molecule has 2 aromatic carbocycles. The van der Waals surface area contributed by atoms with Crippen molar-refractivity contribution in [2.24, 2.45) is 0 Å². The Bertz CT molecular complexity index is 911. The van der Waals surface area contributed by atoms with Crippen LogP contribution in [-0.4, -0.2) is 30.3 Å². The first kappa shape index (κ1) is 23.0. The zero-order chi connectivity index (χ0) is 22.1.